The van der Waals surface area contributed by atoms with E-state index in [-0.39, 0.29) is 23.6 Å². The molecule has 112 valence electrons. The van der Waals surface area contributed by atoms with Crippen LogP contribution in [0.4, 0.5) is 10.5 Å². The van der Waals surface area contributed by atoms with Crippen LogP contribution in [0.2, 0.25) is 0 Å². The number of amides is 2. The van der Waals surface area contributed by atoms with E-state index >= 15 is 0 Å². The summed E-state index contributed by atoms with van der Waals surface area (Å²) in [5.74, 6) is -0.456. The standard InChI is InChI=1S/C15H18N2O4/c18-13-5-4-10-7-17(8-12(10)13)15(21)16-11-3-1-2-9(6-11)14(19)20/h1-3,6,10,12-13,18H,4-5,7-8H2,(H,16,21)(H,19,20). The lowest BCUT2D eigenvalue weighted by molar-refractivity contribution is 0.0697. The molecular weight excluding hydrogens is 272 g/mol. The molecule has 6 heteroatoms. The first-order chi connectivity index (χ1) is 10.0. The van der Waals surface area contributed by atoms with Gasteiger partial charge in [0.05, 0.1) is 11.7 Å². The molecule has 3 atom stereocenters. The van der Waals surface area contributed by atoms with Gasteiger partial charge < -0.3 is 20.4 Å². The monoisotopic (exact) mass is 290 g/mol. The Kier molecular flexibility index (Phi) is 3.55. The van der Waals surface area contributed by atoms with Crippen LogP contribution in [0.15, 0.2) is 24.3 Å². The van der Waals surface area contributed by atoms with E-state index in [1.165, 1.54) is 12.1 Å². The number of fused-ring (bicyclic) bond motifs is 1. The summed E-state index contributed by atoms with van der Waals surface area (Å²) in [7, 11) is 0. The summed E-state index contributed by atoms with van der Waals surface area (Å²) in [5, 5.41) is 21.5. The fourth-order valence-electron chi connectivity index (χ4n) is 3.34. The molecule has 1 saturated heterocycles. The van der Waals surface area contributed by atoms with Gasteiger partial charge in [-0.25, -0.2) is 9.59 Å². The van der Waals surface area contributed by atoms with E-state index in [9.17, 15) is 14.7 Å². The van der Waals surface area contributed by atoms with Gasteiger partial charge in [0, 0.05) is 24.7 Å². The van der Waals surface area contributed by atoms with Crippen LogP contribution in [0.25, 0.3) is 0 Å². The van der Waals surface area contributed by atoms with Gasteiger partial charge in [0.25, 0.3) is 0 Å². The molecule has 0 spiro atoms. The predicted octanol–water partition coefficient (Wildman–Crippen LogP) is 1.62. The molecule has 1 aliphatic heterocycles. The van der Waals surface area contributed by atoms with Crippen LogP contribution in [-0.4, -0.2) is 46.3 Å². The molecule has 2 amide bonds. The number of aromatic carboxylic acids is 1. The number of benzene rings is 1. The normalized spacial score (nSPS) is 27.5. The van der Waals surface area contributed by atoms with E-state index in [1.807, 2.05) is 0 Å². The van der Waals surface area contributed by atoms with Crippen molar-refractivity contribution in [2.75, 3.05) is 18.4 Å². The van der Waals surface area contributed by atoms with E-state index in [0.717, 1.165) is 12.8 Å². The Balaban J connectivity index is 1.65. The Morgan fingerprint density at radius 3 is 2.76 bits per heavy atom. The smallest absolute Gasteiger partial charge is 0.335 e. The third-order valence-electron chi connectivity index (χ3n) is 4.47. The van der Waals surface area contributed by atoms with E-state index < -0.39 is 5.97 Å². The minimum absolute atomic E-state index is 0.140. The van der Waals surface area contributed by atoms with Crippen molar-refractivity contribution in [2.45, 2.75) is 18.9 Å². The highest BCUT2D eigenvalue weighted by Crippen LogP contribution is 2.38. The van der Waals surface area contributed by atoms with Gasteiger partial charge >= 0.3 is 12.0 Å². The molecule has 2 fully saturated rings. The van der Waals surface area contributed by atoms with Gasteiger partial charge in [-0.2, -0.15) is 0 Å². The van der Waals surface area contributed by atoms with Crippen molar-refractivity contribution in [3.05, 3.63) is 29.8 Å². The number of anilines is 1. The molecular formula is C15H18N2O4. The number of nitrogens with one attached hydrogen (secondary N) is 1. The zero-order valence-electron chi connectivity index (χ0n) is 11.5. The maximum atomic E-state index is 12.2. The Bertz CT molecular complexity index is 575. The molecule has 1 saturated carbocycles. The number of likely N-dealkylation sites (tertiary alicyclic amines) is 1. The van der Waals surface area contributed by atoms with Crippen molar-refractivity contribution in [3.63, 3.8) is 0 Å². The molecule has 0 radical (unpaired) electrons. The highest BCUT2D eigenvalue weighted by molar-refractivity contribution is 5.93. The average Bonchev–Trinajstić information content (AvgIpc) is 3.02. The molecule has 2 aliphatic rings. The maximum absolute atomic E-state index is 12.2. The number of nitrogens with zero attached hydrogens (tertiary/aromatic N) is 1. The quantitative estimate of drug-likeness (QED) is 0.772. The molecule has 3 rings (SSSR count). The van der Waals surface area contributed by atoms with Gasteiger partial charge in [-0.1, -0.05) is 6.07 Å². The molecule has 3 N–H and O–H groups in total. The predicted molar refractivity (Wildman–Crippen MR) is 76.2 cm³/mol. The Morgan fingerprint density at radius 1 is 1.24 bits per heavy atom. The largest absolute Gasteiger partial charge is 0.478 e. The summed E-state index contributed by atoms with van der Waals surface area (Å²) >= 11 is 0. The fraction of sp³-hybridized carbons (Fsp3) is 0.467. The number of urea groups is 1. The SMILES string of the molecule is O=C(O)c1cccc(NC(=O)N2CC3CCC(O)C3C2)c1. The van der Waals surface area contributed by atoms with Crippen molar-refractivity contribution >= 4 is 17.7 Å². The fourth-order valence-corrected chi connectivity index (χ4v) is 3.34. The third kappa shape index (κ3) is 2.71. The van der Waals surface area contributed by atoms with E-state index in [4.69, 9.17) is 5.11 Å². The lowest BCUT2D eigenvalue weighted by atomic mass is 10.00. The molecule has 0 bridgehead atoms. The number of hydrogen-bond donors (Lipinski definition) is 3. The highest BCUT2D eigenvalue weighted by Gasteiger charge is 2.43. The van der Waals surface area contributed by atoms with Gasteiger partial charge in [0.15, 0.2) is 0 Å². The van der Waals surface area contributed by atoms with Crippen molar-refractivity contribution < 1.29 is 19.8 Å². The number of aliphatic hydroxyl groups excluding tert-OH is 1. The van der Waals surface area contributed by atoms with Crippen molar-refractivity contribution in [1.29, 1.82) is 0 Å². The lowest BCUT2D eigenvalue weighted by Gasteiger charge is -2.19. The Hall–Kier alpha value is -2.08. The number of carboxylic acids is 1. The minimum Gasteiger partial charge on any atom is -0.478 e. The zero-order chi connectivity index (χ0) is 15.0. The Labute approximate surface area is 122 Å². The average molecular weight is 290 g/mol. The summed E-state index contributed by atoms with van der Waals surface area (Å²) in [6.45, 7) is 1.22. The summed E-state index contributed by atoms with van der Waals surface area (Å²) in [5.41, 5.74) is 0.610. The Morgan fingerprint density at radius 2 is 2.05 bits per heavy atom. The molecule has 21 heavy (non-hydrogen) atoms. The van der Waals surface area contributed by atoms with Crippen molar-refractivity contribution in [2.24, 2.45) is 11.8 Å². The van der Waals surface area contributed by atoms with Gasteiger partial charge in [0.1, 0.15) is 0 Å². The maximum Gasteiger partial charge on any atom is 0.335 e. The van der Waals surface area contributed by atoms with Crippen LogP contribution in [0, 0.1) is 11.8 Å². The molecule has 6 nitrogen and oxygen atoms in total. The van der Waals surface area contributed by atoms with E-state index in [1.54, 1.807) is 17.0 Å². The zero-order valence-corrected chi connectivity index (χ0v) is 11.5. The number of hydrogen-bond acceptors (Lipinski definition) is 3. The molecule has 3 unspecified atom stereocenters. The van der Waals surface area contributed by atoms with Crippen LogP contribution in [0.5, 0.6) is 0 Å². The molecule has 0 aromatic heterocycles. The van der Waals surface area contributed by atoms with Crippen LogP contribution in [-0.2, 0) is 0 Å². The van der Waals surface area contributed by atoms with Gasteiger partial charge in [0.2, 0.25) is 0 Å². The van der Waals surface area contributed by atoms with Crippen molar-refractivity contribution in [3.8, 4) is 0 Å². The van der Waals surface area contributed by atoms with Crippen LogP contribution >= 0.6 is 0 Å². The minimum atomic E-state index is -1.02. The number of aliphatic hydroxyl groups is 1. The number of carbonyl (C=O) groups is 2. The van der Waals surface area contributed by atoms with Gasteiger partial charge in [-0.05, 0) is 37.0 Å². The summed E-state index contributed by atoms with van der Waals surface area (Å²) in [4.78, 5) is 24.8. The topological polar surface area (TPSA) is 89.9 Å². The number of rotatable bonds is 2. The number of carboxylic acid groups (broad SMARTS) is 1. The third-order valence-corrected chi connectivity index (χ3v) is 4.47. The summed E-state index contributed by atoms with van der Waals surface area (Å²) in [6.07, 6.45) is 1.48. The van der Waals surface area contributed by atoms with Crippen molar-refractivity contribution in [1.82, 2.24) is 4.90 Å². The summed E-state index contributed by atoms with van der Waals surface area (Å²) in [6, 6.07) is 5.94. The van der Waals surface area contributed by atoms with Crippen LogP contribution in [0.1, 0.15) is 23.2 Å². The first-order valence-corrected chi connectivity index (χ1v) is 7.12. The van der Waals surface area contributed by atoms with Gasteiger partial charge in [-0.15, -0.1) is 0 Å². The van der Waals surface area contributed by atoms with E-state index in [0.29, 0.717) is 24.7 Å². The molecule has 1 heterocycles. The molecule has 1 aliphatic carbocycles. The first kappa shape index (κ1) is 13.9. The van der Waals surface area contributed by atoms with E-state index in [2.05, 4.69) is 5.32 Å². The lowest BCUT2D eigenvalue weighted by Crippen LogP contribution is -2.34. The second kappa shape index (κ2) is 5.37. The molecule has 1 aromatic carbocycles. The first-order valence-electron chi connectivity index (χ1n) is 7.12. The molecule has 1 aromatic rings. The number of carbonyl (C=O) groups excluding carboxylic acids is 1. The van der Waals surface area contributed by atoms with Crippen LogP contribution < -0.4 is 5.32 Å². The second-order valence-corrected chi connectivity index (χ2v) is 5.79. The highest BCUT2D eigenvalue weighted by atomic mass is 16.4. The van der Waals surface area contributed by atoms with Gasteiger partial charge in [-0.3, -0.25) is 0 Å². The summed E-state index contributed by atoms with van der Waals surface area (Å²) < 4.78 is 0. The van der Waals surface area contributed by atoms with Crippen LogP contribution in [0.3, 0.4) is 0 Å². The second-order valence-electron chi connectivity index (χ2n) is 5.79.